The maximum absolute atomic E-state index is 10.7. The zero-order chi connectivity index (χ0) is 10.8. The van der Waals surface area contributed by atoms with Gasteiger partial charge in [0.25, 0.3) is 0 Å². The number of carbonyl (C=O) groups excluding carboxylic acids is 1. The van der Waals surface area contributed by atoms with Gasteiger partial charge in [-0.3, -0.25) is 4.79 Å². The van der Waals surface area contributed by atoms with Crippen LogP contribution < -0.4 is 0 Å². The van der Waals surface area contributed by atoms with E-state index in [0.717, 1.165) is 0 Å². The minimum absolute atomic E-state index is 0.156. The molecular weight excluding hydrogens is 176 g/mol. The molecule has 0 aliphatic heterocycles. The Morgan fingerprint density at radius 3 is 2.07 bits per heavy atom. The Morgan fingerprint density at radius 2 is 1.64 bits per heavy atom. The van der Waals surface area contributed by atoms with Crippen molar-refractivity contribution in [3.63, 3.8) is 0 Å². The smallest absolute Gasteiger partial charge is 0.302 e. The second kappa shape index (κ2) is 3.92. The third-order valence-electron chi connectivity index (χ3n) is 3.43. The molecule has 2 heteroatoms. The van der Waals surface area contributed by atoms with E-state index in [0.29, 0.717) is 12.0 Å². The highest BCUT2D eigenvalue weighted by Gasteiger charge is 2.35. The summed E-state index contributed by atoms with van der Waals surface area (Å²) in [4.78, 5) is 10.7. The average Bonchev–Trinajstić information content (AvgIpc) is 2.08. The minimum Gasteiger partial charge on any atom is -0.465 e. The number of ether oxygens (including phenoxy) is 1. The summed E-state index contributed by atoms with van der Waals surface area (Å²) in [6.45, 7) is 8.94. The lowest BCUT2D eigenvalue weighted by Gasteiger charge is -2.40. The SMILES string of the molecule is CC(=O)OCC1(C)CCC(C)(C)CC1. The number of esters is 1. The number of hydrogen-bond donors (Lipinski definition) is 0. The second-order valence-corrected chi connectivity index (χ2v) is 5.76. The summed E-state index contributed by atoms with van der Waals surface area (Å²) < 4.78 is 5.11. The molecule has 0 N–H and O–H groups in total. The lowest BCUT2D eigenvalue weighted by atomic mass is 9.66. The van der Waals surface area contributed by atoms with Crippen molar-refractivity contribution in [1.82, 2.24) is 0 Å². The van der Waals surface area contributed by atoms with Crippen LogP contribution in [-0.2, 0) is 9.53 Å². The fourth-order valence-electron chi connectivity index (χ4n) is 1.95. The maximum atomic E-state index is 10.7. The normalized spacial score (nSPS) is 24.3. The monoisotopic (exact) mass is 198 g/mol. The van der Waals surface area contributed by atoms with E-state index in [9.17, 15) is 4.79 Å². The van der Waals surface area contributed by atoms with E-state index in [1.54, 1.807) is 0 Å². The molecule has 0 bridgehead atoms. The molecule has 1 aliphatic carbocycles. The van der Waals surface area contributed by atoms with Gasteiger partial charge in [0.05, 0.1) is 6.61 Å². The van der Waals surface area contributed by atoms with Crippen molar-refractivity contribution < 1.29 is 9.53 Å². The van der Waals surface area contributed by atoms with Gasteiger partial charge < -0.3 is 4.74 Å². The van der Waals surface area contributed by atoms with E-state index in [2.05, 4.69) is 20.8 Å². The topological polar surface area (TPSA) is 26.3 Å². The van der Waals surface area contributed by atoms with Crippen molar-refractivity contribution in [2.24, 2.45) is 10.8 Å². The van der Waals surface area contributed by atoms with Gasteiger partial charge in [0, 0.05) is 12.3 Å². The Balaban J connectivity index is 2.41. The van der Waals surface area contributed by atoms with Crippen LogP contribution in [0.3, 0.4) is 0 Å². The fourth-order valence-corrected chi connectivity index (χ4v) is 1.95. The molecule has 0 heterocycles. The van der Waals surface area contributed by atoms with Crippen LogP contribution in [0.4, 0.5) is 0 Å². The van der Waals surface area contributed by atoms with Crippen molar-refractivity contribution in [3.05, 3.63) is 0 Å². The highest BCUT2D eigenvalue weighted by molar-refractivity contribution is 5.65. The molecular formula is C12H22O2. The lowest BCUT2D eigenvalue weighted by Crippen LogP contribution is -2.33. The van der Waals surface area contributed by atoms with Crippen molar-refractivity contribution in [3.8, 4) is 0 Å². The Hall–Kier alpha value is -0.530. The molecule has 0 atom stereocenters. The largest absolute Gasteiger partial charge is 0.465 e. The Bertz CT molecular complexity index is 208. The van der Waals surface area contributed by atoms with Gasteiger partial charge in [-0.25, -0.2) is 0 Å². The molecule has 0 amide bonds. The third-order valence-corrected chi connectivity index (χ3v) is 3.43. The number of rotatable bonds is 2. The van der Waals surface area contributed by atoms with Crippen molar-refractivity contribution >= 4 is 5.97 Å². The summed E-state index contributed by atoms with van der Waals surface area (Å²) in [5.41, 5.74) is 0.705. The molecule has 1 fully saturated rings. The molecule has 0 aromatic rings. The maximum Gasteiger partial charge on any atom is 0.302 e. The summed E-state index contributed by atoms with van der Waals surface area (Å²) in [6.07, 6.45) is 4.83. The summed E-state index contributed by atoms with van der Waals surface area (Å²) in [5, 5.41) is 0. The first-order valence-electron chi connectivity index (χ1n) is 5.46. The summed E-state index contributed by atoms with van der Waals surface area (Å²) >= 11 is 0. The first-order valence-corrected chi connectivity index (χ1v) is 5.46. The first-order chi connectivity index (χ1) is 6.33. The highest BCUT2D eigenvalue weighted by atomic mass is 16.5. The molecule has 82 valence electrons. The predicted octanol–water partition coefficient (Wildman–Crippen LogP) is 3.16. The van der Waals surface area contributed by atoms with Crippen LogP contribution in [-0.4, -0.2) is 12.6 Å². The van der Waals surface area contributed by atoms with E-state index in [1.807, 2.05) is 0 Å². The minimum atomic E-state index is -0.156. The van der Waals surface area contributed by atoms with E-state index in [-0.39, 0.29) is 11.4 Å². The summed E-state index contributed by atoms with van der Waals surface area (Å²) in [5.74, 6) is -0.156. The lowest BCUT2D eigenvalue weighted by molar-refractivity contribution is -0.145. The molecule has 1 saturated carbocycles. The summed E-state index contributed by atoms with van der Waals surface area (Å²) in [6, 6.07) is 0. The Kier molecular flexibility index (Phi) is 3.23. The van der Waals surface area contributed by atoms with Crippen molar-refractivity contribution in [1.29, 1.82) is 0 Å². The molecule has 1 rings (SSSR count). The zero-order valence-corrected chi connectivity index (χ0v) is 9.85. The third kappa shape index (κ3) is 3.32. The van der Waals surface area contributed by atoms with Gasteiger partial charge in [0.1, 0.15) is 0 Å². The van der Waals surface area contributed by atoms with E-state index >= 15 is 0 Å². The van der Waals surface area contributed by atoms with Crippen LogP contribution in [0.15, 0.2) is 0 Å². The Labute approximate surface area is 87.0 Å². The second-order valence-electron chi connectivity index (χ2n) is 5.76. The van der Waals surface area contributed by atoms with Crippen LogP contribution in [0, 0.1) is 10.8 Å². The fraction of sp³-hybridized carbons (Fsp3) is 0.917. The van der Waals surface area contributed by atoms with E-state index in [1.165, 1.54) is 32.6 Å². The zero-order valence-electron chi connectivity index (χ0n) is 9.85. The molecule has 1 aliphatic rings. The highest BCUT2D eigenvalue weighted by Crippen LogP contribution is 2.44. The van der Waals surface area contributed by atoms with E-state index < -0.39 is 0 Å². The standard InChI is InChI=1S/C12H22O2/c1-10(13)14-9-12(4)7-5-11(2,3)6-8-12/h5-9H2,1-4H3. The van der Waals surface area contributed by atoms with Crippen LogP contribution in [0.25, 0.3) is 0 Å². The van der Waals surface area contributed by atoms with Crippen LogP contribution >= 0.6 is 0 Å². The molecule has 14 heavy (non-hydrogen) atoms. The number of hydrogen-bond acceptors (Lipinski definition) is 2. The molecule has 0 aromatic heterocycles. The molecule has 0 aromatic carbocycles. The Morgan fingerprint density at radius 1 is 1.14 bits per heavy atom. The van der Waals surface area contributed by atoms with E-state index in [4.69, 9.17) is 4.74 Å². The predicted molar refractivity (Wildman–Crippen MR) is 57.0 cm³/mol. The van der Waals surface area contributed by atoms with Crippen LogP contribution in [0.5, 0.6) is 0 Å². The van der Waals surface area contributed by atoms with Crippen molar-refractivity contribution in [2.75, 3.05) is 6.61 Å². The van der Waals surface area contributed by atoms with Gasteiger partial charge in [-0.2, -0.15) is 0 Å². The van der Waals surface area contributed by atoms with Gasteiger partial charge in [0.2, 0.25) is 0 Å². The first kappa shape index (κ1) is 11.5. The van der Waals surface area contributed by atoms with Gasteiger partial charge in [-0.05, 0) is 31.1 Å². The molecule has 0 unspecified atom stereocenters. The van der Waals surface area contributed by atoms with Gasteiger partial charge in [0.15, 0.2) is 0 Å². The molecule has 0 spiro atoms. The molecule has 0 radical (unpaired) electrons. The number of carbonyl (C=O) groups is 1. The van der Waals surface area contributed by atoms with Crippen LogP contribution in [0.1, 0.15) is 53.4 Å². The van der Waals surface area contributed by atoms with Crippen molar-refractivity contribution in [2.45, 2.75) is 53.4 Å². The summed E-state index contributed by atoms with van der Waals surface area (Å²) in [7, 11) is 0. The van der Waals surface area contributed by atoms with Gasteiger partial charge in [-0.1, -0.05) is 20.8 Å². The average molecular weight is 198 g/mol. The van der Waals surface area contributed by atoms with Crippen LogP contribution in [0.2, 0.25) is 0 Å². The quantitative estimate of drug-likeness (QED) is 0.637. The molecule has 2 nitrogen and oxygen atoms in total. The molecule has 0 saturated heterocycles. The van der Waals surface area contributed by atoms with Gasteiger partial charge in [-0.15, -0.1) is 0 Å². The van der Waals surface area contributed by atoms with Gasteiger partial charge >= 0.3 is 5.97 Å².